The SMILES string of the molecule is Cc1ccc([C@@H]2CC(c3cccc(NS(C)(=O)=O)c3)=NN2C(=O)C(C)(C)C)cc1. The Morgan fingerprint density at radius 3 is 2.38 bits per heavy atom. The molecule has 0 unspecified atom stereocenters. The minimum absolute atomic E-state index is 0.0523. The van der Waals surface area contributed by atoms with Crippen molar-refractivity contribution in [1.29, 1.82) is 0 Å². The molecule has 0 saturated heterocycles. The molecular formula is C22H27N3O3S. The van der Waals surface area contributed by atoms with Gasteiger partial charge in [0.15, 0.2) is 0 Å². The van der Waals surface area contributed by atoms with E-state index in [1.165, 1.54) is 0 Å². The van der Waals surface area contributed by atoms with Crippen molar-refractivity contribution in [3.63, 3.8) is 0 Å². The van der Waals surface area contributed by atoms with Gasteiger partial charge < -0.3 is 0 Å². The zero-order valence-electron chi connectivity index (χ0n) is 17.4. The summed E-state index contributed by atoms with van der Waals surface area (Å²) in [5.74, 6) is -0.0523. The standard InChI is InChI=1S/C22H27N3O3S/c1-15-9-11-16(12-10-15)20-14-19(23-25(20)21(26)22(2,3)4)17-7-6-8-18(13-17)24-29(5,27)28/h6-13,20,24H,14H2,1-5H3/t20-/m0/s1. The van der Waals surface area contributed by atoms with Crippen molar-refractivity contribution in [2.45, 2.75) is 40.2 Å². The number of sulfonamides is 1. The Morgan fingerprint density at radius 1 is 1.14 bits per heavy atom. The highest BCUT2D eigenvalue weighted by molar-refractivity contribution is 7.92. The molecule has 1 N–H and O–H groups in total. The smallest absolute Gasteiger partial charge is 0.248 e. The maximum Gasteiger partial charge on any atom is 0.248 e. The van der Waals surface area contributed by atoms with Gasteiger partial charge >= 0.3 is 0 Å². The van der Waals surface area contributed by atoms with E-state index >= 15 is 0 Å². The van der Waals surface area contributed by atoms with Crippen LogP contribution < -0.4 is 4.72 Å². The van der Waals surface area contributed by atoms with Crippen LogP contribution in [0.25, 0.3) is 0 Å². The Kier molecular flexibility index (Phi) is 5.54. The van der Waals surface area contributed by atoms with Crippen molar-refractivity contribution in [2.75, 3.05) is 11.0 Å². The summed E-state index contributed by atoms with van der Waals surface area (Å²) in [5.41, 5.74) is 3.63. The average Bonchev–Trinajstić information content (AvgIpc) is 3.05. The van der Waals surface area contributed by atoms with Gasteiger partial charge in [0.1, 0.15) is 0 Å². The van der Waals surface area contributed by atoms with Gasteiger partial charge in [0.25, 0.3) is 0 Å². The number of hydrogen-bond acceptors (Lipinski definition) is 4. The number of aryl methyl sites for hydroxylation is 1. The lowest BCUT2D eigenvalue weighted by molar-refractivity contribution is -0.141. The minimum atomic E-state index is -3.37. The quantitative estimate of drug-likeness (QED) is 0.820. The molecule has 0 fully saturated rings. The van der Waals surface area contributed by atoms with Gasteiger partial charge in [0, 0.05) is 17.5 Å². The fourth-order valence-corrected chi connectivity index (χ4v) is 3.80. The van der Waals surface area contributed by atoms with Crippen LogP contribution in [-0.2, 0) is 14.8 Å². The van der Waals surface area contributed by atoms with Crippen LogP contribution in [0.2, 0.25) is 0 Å². The number of rotatable bonds is 4. The van der Waals surface area contributed by atoms with E-state index in [2.05, 4.69) is 9.82 Å². The Labute approximate surface area is 172 Å². The van der Waals surface area contributed by atoms with Crippen molar-refractivity contribution < 1.29 is 13.2 Å². The van der Waals surface area contributed by atoms with Crippen molar-refractivity contribution in [3.05, 3.63) is 65.2 Å². The molecule has 1 heterocycles. The van der Waals surface area contributed by atoms with Gasteiger partial charge in [-0.05, 0) is 30.2 Å². The van der Waals surface area contributed by atoms with E-state index in [-0.39, 0.29) is 11.9 Å². The highest BCUT2D eigenvalue weighted by atomic mass is 32.2. The number of carbonyl (C=O) groups excluding carboxylic acids is 1. The first-order valence-electron chi connectivity index (χ1n) is 9.50. The van der Waals surface area contributed by atoms with Crippen LogP contribution in [0.15, 0.2) is 53.6 Å². The van der Waals surface area contributed by atoms with Crippen LogP contribution in [0.3, 0.4) is 0 Å². The van der Waals surface area contributed by atoms with E-state index in [0.29, 0.717) is 12.1 Å². The van der Waals surface area contributed by atoms with Gasteiger partial charge in [0.05, 0.1) is 18.0 Å². The normalized spacial score (nSPS) is 17.2. The lowest BCUT2D eigenvalue weighted by Crippen LogP contribution is -2.36. The van der Waals surface area contributed by atoms with Crippen LogP contribution in [0, 0.1) is 12.3 Å². The minimum Gasteiger partial charge on any atom is -0.284 e. The fourth-order valence-electron chi connectivity index (χ4n) is 3.24. The van der Waals surface area contributed by atoms with Gasteiger partial charge in [-0.2, -0.15) is 5.10 Å². The van der Waals surface area contributed by atoms with Crippen LogP contribution in [0.1, 0.15) is 49.9 Å². The van der Waals surface area contributed by atoms with Crippen molar-refractivity contribution in [3.8, 4) is 0 Å². The lowest BCUT2D eigenvalue weighted by atomic mass is 9.92. The van der Waals surface area contributed by atoms with Crippen molar-refractivity contribution in [2.24, 2.45) is 10.5 Å². The second-order valence-corrected chi connectivity index (χ2v) is 10.3. The van der Waals surface area contributed by atoms with E-state index in [1.54, 1.807) is 23.2 Å². The Bertz CT molecular complexity index is 1050. The summed E-state index contributed by atoms with van der Waals surface area (Å²) in [6.45, 7) is 7.67. The molecule has 1 aliphatic heterocycles. The van der Waals surface area contributed by atoms with Gasteiger partial charge in [-0.25, -0.2) is 13.4 Å². The van der Waals surface area contributed by atoms with Crippen LogP contribution >= 0.6 is 0 Å². The molecule has 0 aromatic heterocycles. The van der Waals surface area contributed by atoms with Crippen LogP contribution in [-0.4, -0.2) is 31.3 Å². The van der Waals surface area contributed by atoms with E-state index in [1.807, 2.05) is 58.0 Å². The number of hydrazone groups is 1. The van der Waals surface area contributed by atoms with Crippen LogP contribution in [0.4, 0.5) is 5.69 Å². The third-order valence-corrected chi connectivity index (χ3v) is 5.33. The summed E-state index contributed by atoms with van der Waals surface area (Å²) >= 11 is 0. The molecule has 0 bridgehead atoms. The number of nitrogens with zero attached hydrogens (tertiary/aromatic N) is 2. The first-order chi connectivity index (χ1) is 13.4. The van der Waals surface area contributed by atoms with E-state index in [0.717, 1.165) is 28.7 Å². The molecule has 2 aromatic carbocycles. The molecule has 29 heavy (non-hydrogen) atoms. The van der Waals surface area contributed by atoms with Crippen molar-refractivity contribution >= 4 is 27.3 Å². The number of hydrogen-bond donors (Lipinski definition) is 1. The lowest BCUT2D eigenvalue weighted by Gasteiger charge is -2.28. The Balaban J connectivity index is 1.99. The third kappa shape index (κ3) is 5.03. The summed E-state index contributed by atoms with van der Waals surface area (Å²) in [6, 6.07) is 15.0. The summed E-state index contributed by atoms with van der Waals surface area (Å²) < 4.78 is 25.6. The topological polar surface area (TPSA) is 78.8 Å². The van der Waals surface area contributed by atoms with Gasteiger partial charge in [0.2, 0.25) is 15.9 Å². The highest BCUT2D eigenvalue weighted by Crippen LogP contribution is 2.36. The Morgan fingerprint density at radius 2 is 1.79 bits per heavy atom. The summed E-state index contributed by atoms with van der Waals surface area (Å²) in [7, 11) is -3.37. The molecule has 0 spiro atoms. The van der Waals surface area contributed by atoms with Gasteiger partial charge in [-0.1, -0.05) is 62.7 Å². The molecule has 0 saturated carbocycles. The first-order valence-corrected chi connectivity index (χ1v) is 11.4. The highest BCUT2D eigenvalue weighted by Gasteiger charge is 2.37. The van der Waals surface area contributed by atoms with E-state index in [9.17, 15) is 13.2 Å². The first kappa shape index (κ1) is 21.0. The number of anilines is 1. The van der Waals surface area contributed by atoms with E-state index in [4.69, 9.17) is 0 Å². The summed E-state index contributed by atoms with van der Waals surface area (Å²) in [5, 5.41) is 6.25. The molecule has 0 aliphatic carbocycles. The zero-order valence-corrected chi connectivity index (χ0v) is 18.2. The monoisotopic (exact) mass is 413 g/mol. The maximum absolute atomic E-state index is 13.1. The molecule has 1 atom stereocenters. The van der Waals surface area contributed by atoms with E-state index < -0.39 is 15.4 Å². The molecule has 2 aromatic rings. The molecule has 154 valence electrons. The molecule has 1 aliphatic rings. The summed E-state index contributed by atoms with van der Waals surface area (Å²) in [6.07, 6.45) is 1.68. The largest absolute Gasteiger partial charge is 0.284 e. The molecular weight excluding hydrogens is 386 g/mol. The van der Waals surface area contributed by atoms with Gasteiger partial charge in [-0.15, -0.1) is 0 Å². The molecule has 1 amide bonds. The predicted octanol–water partition coefficient (Wildman–Crippen LogP) is 4.09. The number of amides is 1. The van der Waals surface area contributed by atoms with Crippen molar-refractivity contribution in [1.82, 2.24) is 5.01 Å². The number of carbonyl (C=O) groups is 1. The average molecular weight is 414 g/mol. The zero-order chi connectivity index (χ0) is 21.4. The predicted molar refractivity (Wildman–Crippen MR) is 116 cm³/mol. The fraction of sp³-hybridized carbons (Fsp3) is 0.364. The molecule has 3 rings (SSSR count). The van der Waals surface area contributed by atoms with Crippen LogP contribution in [0.5, 0.6) is 0 Å². The number of nitrogens with one attached hydrogen (secondary N) is 1. The Hall–Kier alpha value is -2.67. The number of benzene rings is 2. The maximum atomic E-state index is 13.1. The molecule has 6 nitrogen and oxygen atoms in total. The molecule has 7 heteroatoms. The summed E-state index contributed by atoms with van der Waals surface area (Å²) in [4.78, 5) is 13.1. The second-order valence-electron chi connectivity index (χ2n) is 8.53. The second kappa shape index (κ2) is 7.63. The third-order valence-electron chi connectivity index (χ3n) is 4.72. The molecule has 0 radical (unpaired) electrons. The van der Waals surface area contributed by atoms with Gasteiger partial charge in [-0.3, -0.25) is 9.52 Å².